The van der Waals surface area contributed by atoms with Gasteiger partial charge in [0.15, 0.2) is 0 Å². The van der Waals surface area contributed by atoms with E-state index in [4.69, 9.17) is 21.1 Å². The summed E-state index contributed by atoms with van der Waals surface area (Å²) in [6.07, 6.45) is -0.371. The predicted molar refractivity (Wildman–Crippen MR) is 64.5 cm³/mol. The van der Waals surface area contributed by atoms with Gasteiger partial charge >= 0.3 is 11.9 Å². The number of hydrogen-bond donors (Lipinski definition) is 6. The summed E-state index contributed by atoms with van der Waals surface area (Å²) < 4.78 is 0. The molecule has 2 atom stereocenters. The minimum absolute atomic E-state index is 0.0861. The van der Waals surface area contributed by atoms with Gasteiger partial charge < -0.3 is 31.7 Å². The number of carboxylic acid groups (broad SMARTS) is 2. The van der Waals surface area contributed by atoms with E-state index in [0.29, 0.717) is 0 Å². The van der Waals surface area contributed by atoms with Crippen molar-refractivity contribution in [3.63, 3.8) is 0 Å². The van der Waals surface area contributed by atoms with Crippen molar-refractivity contribution in [3.8, 4) is 0 Å². The molecule has 0 radical (unpaired) electrons. The monoisotopic (exact) mass is 291 g/mol. The van der Waals surface area contributed by atoms with Gasteiger partial charge in [-0.15, -0.1) is 0 Å². The third kappa shape index (κ3) is 7.28. The van der Waals surface area contributed by atoms with Crippen molar-refractivity contribution in [3.05, 3.63) is 0 Å². The average Bonchev–Trinajstić information content (AvgIpc) is 2.38. The molecule has 0 spiro atoms. The summed E-state index contributed by atoms with van der Waals surface area (Å²) in [5.74, 6) is -4.05. The molecule has 0 rings (SSSR count). The van der Waals surface area contributed by atoms with Crippen LogP contribution in [-0.2, 0) is 19.2 Å². The number of carboxylic acids is 2. The fourth-order valence-electron chi connectivity index (χ4n) is 1.14. The minimum atomic E-state index is -1.46. The zero-order valence-electron chi connectivity index (χ0n) is 10.5. The number of rotatable bonds is 9. The first-order chi connectivity index (χ1) is 9.27. The summed E-state index contributed by atoms with van der Waals surface area (Å²) in [5.41, 5.74) is 5.39. The molecule has 0 fully saturated rings. The van der Waals surface area contributed by atoms with Crippen molar-refractivity contribution in [2.45, 2.75) is 24.9 Å². The summed E-state index contributed by atoms with van der Waals surface area (Å²) in [6.45, 7) is -1.31. The van der Waals surface area contributed by atoms with E-state index >= 15 is 0 Å². The van der Waals surface area contributed by atoms with Crippen molar-refractivity contribution >= 4 is 23.8 Å². The van der Waals surface area contributed by atoms with Gasteiger partial charge in [0.25, 0.3) is 0 Å². The van der Waals surface area contributed by atoms with Crippen molar-refractivity contribution in [2.24, 2.45) is 5.73 Å². The van der Waals surface area contributed by atoms with Gasteiger partial charge in [-0.2, -0.15) is 0 Å². The maximum Gasteiger partial charge on any atom is 0.328 e. The molecule has 10 nitrogen and oxygen atoms in total. The Balaban J connectivity index is 4.08. The van der Waals surface area contributed by atoms with Crippen LogP contribution in [0.5, 0.6) is 0 Å². The molecule has 0 aromatic carbocycles. The Hall–Kier alpha value is -2.20. The molecule has 114 valence electrons. The number of amides is 2. The molecule has 7 N–H and O–H groups in total. The molecular formula is C10H17N3O7. The van der Waals surface area contributed by atoms with Crippen LogP contribution in [0.4, 0.5) is 0 Å². The largest absolute Gasteiger partial charge is 0.481 e. The van der Waals surface area contributed by atoms with Crippen LogP contribution in [0.3, 0.4) is 0 Å². The standard InChI is InChI=1S/C10H17N3O7/c11-5(1-2-8(16)17)9(18)12-3-7(15)13-6(4-14)10(19)20/h5-6,14H,1-4,11H2,(H,12,18)(H,13,15)(H,16,17)(H,19,20)/t5-,6-/m0/s1. The Labute approximate surface area is 113 Å². The van der Waals surface area contributed by atoms with E-state index < -0.39 is 49.0 Å². The number of aliphatic carboxylic acids is 2. The lowest BCUT2D eigenvalue weighted by molar-refractivity contribution is -0.142. The highest BCUT2D eigenvalue weighted by molar-refractivity contribution is 5.89. The van der Waals surface area contributed by atoms with Gasteiger partial charge in [-0.3, -0.25) is 14.4 Å². The predicted octanol–water partition coefficient (Wildman–Crippen LogP) is -3.14. The number of hydrogen-bond acceptors (Lipinski definition) is 6. The van der Waals surface area contributed by atoms with Gasteiger partial charge in [-0.05, 0) is 6.42 Å². The molecule has 10 heteroatoms. The minimum Gasteiger partial charge on any atom is -0.481 e. The van der Waals surface area contributed by atoms with Crippen LogP contribution < -0.4 is 16.4 Å². The Morgan fingerprint density at radius 3 is 2.20 bits per heavy atom. The molecule has 0 aromatic rings. The normalized spacial score (nSPS) is 13.1. The summed E-state index contributed by atoms with van der Waals surface area (Å²) >= 11 is 0. The van der Waals surface area contributed by atoms with Gasteiger partial charge in [0.2, 0.25) is 11.8 Å². The highest BCUT2D eigenvalue weighted by Crippen LogP contribution is 1.94. The fraction of sp³-hybridized carbons (Fsp3) is 0.600. The molecule has 0 aliphatic carbocycles. The SMILES string of the molecule is N[C@@H](CCC(=O)O)C(=O)NCC(=O)N[C@@H](CO)C(=O)O. The summed E-state index contributed by atoms with van der Waals surface area (Å²) in [4.78, 5) is 43.5. The fourth-order valence-corrected chi connectivity index (χ4v) is 1.14. The van der Waals surface area contributed by atoms with E-state index in [2.05, 4.69) is 5.32 Å². The number of aliphatic hydroxyl groups excluding tert-OH is 1. The van der Waals surface area contributed by atoms with Crippen LogP contribution in [0.2, 0.25) is 0 Å². The van der Waals surface area contributed by atoms with E-state index in [-0.39, 0.29) is 12.8 Å². The number of aliphatic hydroxyl groups is 1. The van der Waals surface area contributed by atoms with Gasteiger partial charge in [-0.25, -0.2) is 4.79 Å². The molecule has 0 saturated carbocycles. The lowest BCUT2D eigenvalue weighted by atomic mass is 10.1. The third-order valence-corrected chi connectivity index (χ3v) is 2.25. The van der Waals surface area contributed by atoms with Crippen molar-refractivity contribution in [2.75, 3.05) is 13.2 Å². The zero-order valence-corrected chi connectivity index (χ0v) is 10.5. The summed E-state index contributed by atoms with van der Waals surface area (Å²) in [6, 6.07) is -2.54. The maximum absolute atomic E-state index is 11.4. The quantitative estimate of drug-likeness (QED) is 0.258. The molecule has 0 bridgehead atoms. The molecule has 2 amide bonds. The molecule has 0 aromatic heterocycles. The first-order valence-electron chi connectivity index (χ1n) is 5.66. The second-order valence-corrected chi connectivity index (χ2v) is 3.90. The molecule has 0 saturated heterocycles. The van der Waals surface area contributed by atoms with Crippen molar-refractivity contribution in [1.82, 2.24) is 10.6 Å². The summed E-state index contributed by atoms with van der Waals surface area (Å²) in [5, 5.41) is 29.8. The van der Waals surface area contributed by atoms with E-state index in [1.807, 2.05) is 5.32 Å². The van der Waals surface area contributed by atoms with Gasteiger partial charge in [0.1, 0.15) is 6.04 Å². The van der Waals surface area contributed by atoms with E-state index in [0.717, 1.165) is 0 Å². The highest BCUT2D eigenvalue weighted by atomic mass is 16.4. The van der Waals surface area contributed by atoms with Crippen LogP contribution in [0.15, 0.2) is 0 Å². The molecular weight excluding hydrogens is 274 g/mol. The molecule has 20 heavy (non-hydrogen) atoms. The smallest absolute Gasteiger partial charge is 0.328 e. The third-order valence-electron chi connectivity index (χ3n) is 2.25. The van der Waals surface area contributed by atoms with Crippen LogP contribution in [0.25, 0.3) is 0 Å². The topological polar surface area (TPSA) is 179 Å². The lowest BCUT2D eigenvalue weighted by Crippen LogP contribution is -2.49. The Morgan fingerprint density at radius 2 is 1.75 bits per heavy atom. The second-order valence-electron chi connectivity index (χ2n) is 3.90. The average molecular weight is 291 g/mol. The number of carbonyl (C=O) groups excluding carboxylic acids is 2. The van der Waals surface area contributed by atoms with Crippen LogP contribution in [0, 0.1) is 0 Å². The van der Waals surface area contributed by atoms with Gasteiger partial charge in [0, 0.05) is 6.42 Å². The zero-order chi connectivity index (χ0) is 15.7. The van der Waals surface area contributed by atoms with Crippen LogP contribution in [-0.4, -0.2) is 64.3 Å². The highest BCUT2D eigenvalue weighted by Gasteiger charge is 2.20. The molecule has 0 aliphatic heterocycles. The first kappa shape index (κ1) is 17.8. The van der Waals surface area contributed by atoms with Crippen molar-refractivity contribution < 1.29 is 34.5 Å². The number of nitrogens with one attached hydrogen (secondary N) is 2. The maximum atomic E-state index is 11.4. The molecule has 0 aliphatic rings. The Kier molecular flexibility index (Phi) is 7.85. The van der Waals surface area contributed by atoms with Gasteiger partial charge in [-0.1, -0.05) is 0 Å². The van der Waals surface area contributed by atoms with Crippen molar-refractivity contribution in [1.29, 1.82) is 0 Å². The van der Waals surface area contributed by atoms with E-state index in [1.165, 1.54) is 0 Å². The number of carbonyl (C=O) groups is 4. The second kappa shape index (κ2) is 8.82. The summed E-state index contributed by atoms with van der Waals surface area (Å²) in [7, 11) is 0. The van der Waals surface area contributed by atoms with Crippen LogP contribution in [0.1, 0.15) is 12.8 Å². The van der Waals surface area contributed by atoms with E-state index in [1.54, 1.807) is 0 Å². The number of nitrogens with two attached hydrogens (primary N) is 1. The molecule has 0 unspecified atom stereocenters. The van der Waals surface area contributed by atoms with Gasteiger partial charge in [0.05, 0.1) is 19.2 Å². The van der Waals surface area contributed by atoms with Crippen LogP contribution >= 0.6 is 0 Å². The van der Waals surface area contributed by atoms with E-state index in [9.17, 15) is 19.2 Å². The lowest BCUT2D eigenvalue weighted by Gasteiger charge is -2.13. The molecule has 0 heterocycles. The Bertz CT molecular complexity index is 385. The first-order valence-corrected chi connectivity index (χ1v) is 5.66. The Morgan fingerprint density at radius 1 is 1.15 bits per heavy atom.